The standard InChI is InChI=1S/C25H22ClN3O2/c1-29-15-14-27-24(29)18-8-6-17(7-9-18)23(30)16-19-4-2-3-5-22(19)25(31)28-21-12-10-20(26)11-13-21/h2-13H,14-16H2,1H3,(H,28,31). The van der Waals surface area contributed by atoms with Gasteiger partial charge in [-0.25, -0.2) is 0 Å². The summed E-state index contributed by atoms with van der Waals surface area (Å²) in [6.45, 7) is 1.70. The first kappa shape index (κ1) is 20.8. The zero-order valence-corrected chi connectivity index (χ0v) is 17.9. The molecule has 0 fully saturated rings. The number of carbonyl (C=O) groups excluding carboxylic acids is 2. The Kier molecular flexibility index (Phi) is 6.14. The minimum absolute atomic E-state index is 0.0417. The molecule has 0 atom stereocenters. The number of anilines is 1. The van der Waals surface area contributed by atoms with Crippen LogP contribution < -0.4 is 5.32 Å². The number of nitrogens with zero attached hydrogens (tertiary/aromatic N) is 2. The highest BCUT2D eigenvalue weighted by Crippen LogP contribution is 2.18. The van der Waals surface area contributed by atoms with E-state index >= 15 is 0 Å². The summed E-state index contributed by atoms with van der Waals surface area (Å²) >= 11 is 5.90. The number of halogens is 1. The molecule has 0 spiro atoms. The SMILES string of the molecule is CN1CCN=C1c1ccc(C(=O)Cc2ccccc2C(=O)Nc2ccc(Cl)cc2)cc1. The number of aliphatic imine (C=N–C) groups is 1. The van der Waals surface area contributed by atoms with Crippen molar-refractivity contribution in [1.29, 1.82) is 0 Å². The minimum Gasteiger partial charge on any atom is -0.358 e. The highest BCUT2D eigenvalue weighted by atomic mass is 35.5. The van der Waals surface area contributed by atoms with Gasteiger partial charge in [0.15, 0.2) is 5.78 Å². The number of likely N-dealkylation sites (N-methyl/N-ethyl adjacent to an activating group) is 1. The third-order valence-corrected chi connectivity index (χ3v) is 5.49. The second-order valence-corrected chi connectivity index (χ2v) is 7.86. The zero-order chi connectivity index (χ0) is 21.8. The first-order valence-electron chi connectivity index (χ1n) is 10.1. The maximum atomic E-state index is 12.9. The Labute approximate surface area is 186 Å². The average molecular weight is 432 g/mol. The molecule has 0 bridgehead atoms. The van der Waals surface area contributed by atoms with Crippen molar-refractivity contribution in [2.75, 3.05) is 25.5 Å². The summed E-state index contributed by atoms with van der Waals surface area (Å²) in [5, 5.41) is 3.45. The van der Waals surface area contributed by atoms with Gasteiger partial charge in [-0.05, 0) is 35.9 Å². The van der Waals surface area contributed by atoms with Gasteiger partial charge < -0.3 is 10.2 Å². The normalized spacial score (nSPS) is 13.1. The van der Waals surface area contributed by atoms with Gasteiger partial charge in [-0.1, -0.05) is 54.1 Å². The van der Waals surface area contributed by atoms with Crippen molar-refractivity contribution in [2.45, 2.75) is 6.42 Å². The van der Waals surface area contributed by atoms with Crippen LogP contribution in [0.2, 0.25) is 5.02 Å². The number of benzene rings is 3. The number of amidine groups is 1. The number of nitrogens with one attached hydrogen (secondary N) is 1. The van der Waals surface area contributed by atoms with Crippen molar-refractivity contribution < 1.29 is 9.59 Å². The fourth-order valence-electron chi connectivity index (χ4n) is 3.55. The van der Waals surface area contributed by atoms with Crippen molar-refractivity contribution in [2.24, 2.45) is 4.99 Å². The van der Waals surface area contributed by atoms with Crippen molar-refractivity contribution in [3.8, 4) is 0 Å². The molecule has 4 rings (SSSR count). The highest BCUT2D eigenvalue weighted by molar-refractivity contribution is 6.30. The van der Waals surface area contributed by atoms with Gasteiger partial charge in [0.1, 0.15) is 5.84 Å². The van der Waals surface area contributed by atoms with E-state index in [1.54, 1.807) is 36.4 Å². The van der Waals surface area contributed by atoms with Gasteiger partial charge in [0.2, 0.25) is 0 Å². The number of amides is 1. The van der Waals surface area contributed by atoms with E-state index in [4.69, 9.17) is 11.6 Å². The van der Waals surface area contributed by atoms with Gasteiger partial charge >= 0.3 is 0 Å². The smallest absolute Gasteiger partial charge is 0.255 e. The van der Waals surface area contributed by atoms with Crippen molar-refractivity contribution >= 4 is 34.8 Å². The molecule has 1 aliphatic heterocycles. The van der Waals surface area contributed by atoms with Crippen molar-refractivity contribution in [3.05, 3.63) is 100 Å². The Hall–Kier alpha value is -3.44. The predicted octanol–water partition coefficient (Wildman–Crippen LogP) is 4.71. The molecule has 3 aromatic carbocycles. The first-order valence-corrected chi connectivity index (χ1v) is 10.4. The molecule has 0 aromatic heterocycles. The maximum Gasteiger partial charge on any atom is 0.255 e. The second-order valence-electron chi connectivity index (χ2n) is 7.42. The minimum atomic E-state index is -0.261. The monoisotopic (exact) mass is 431 g/mol. The average Bonchev–Trinajstić information content (AvgIpc) is 3.21. The fourth-order valence-corrected chi connectivity index (χ4v) is 3.68. The molecule has 1 amide bonds. The van der Waals surface area contributed by atoms with Crippen LogP contribution in [0.5, 0.6) is 0 Å². The summed E-state index contributed by atoms with van der Waals surface area (Å²) in [7, 11) is 2.01. The van der Waals surface area contributed by atoms with Gasteiger partial charge in [-0.15, -0.1) is 0 Å². The topological polar surface area (TPSA) is 61.8 Å². The molecule has 5 nitrogen and oxygen atoms in total. The molecule has 1 N–H and O–H groups in total. The molecule has 6 heteroatoms. The lowest BCUT2D eigenvalue weighted by molar-refractivity contribution is 0.0992. The second kappa shape index (κ2) is 9.14. The van der Waals surface area contributed by atoms with Gasteiger partial charge in [0.05, 0.1) is 6.54 Å². The summed E-state index contributed by atoms with van der Waals surface area (Å²) in [5.74, 6) is 0.645. The third kappa shape index (κ3) is 4.84. The zero-order valence-electron chi connectivity index (χ0n) is 17.1. The Morgan fingerprint density at radius 2 is 1.71 bits per heavy atom. The van der Waals surface area contributed by atoms with E-state index < -0.39 is 0 Å². The molecule has 1 aliphatic rings. The van der Waals surface area contributed by atoms with E-state index in [-0.39, 0.29) is 18.1 Å². The molecule has 0 saturated carbocycles. The lowest BCUT2D eigenvalue weighted by atomic mass is 9.97. The Bertz CT molecular complexity index is 1140. The van der Waals surface area contributed by atoms with Crippen LogP contribution in [0.25, 0.3) is 0 Å². The molecular weight excluding hydrogens is 410 g/mol. The van der Waals surface area contributed by atoms with Crippen LogP contribution in [0, 0.1) is 0 Å². The van der Waals surface area contributed by atoms with E-state index in [1.165, 1.54) is 0 Å². The van der Waals surface area contributed by atoms with E-state index in [0.717, 1.165) is 24.5 Å². The van der Waals surface area contributed by atoms with E-state index in [1.807, 2.05) is 43.4 Å². The molecule has 156 valence electrons. The maximum absolute atomic E-state index is 12.9. The lowest BCUT2D eigenvalue weighted by Crippen LogP contribution is -2.23. The predicted molar refractivity (Wildman–Crippen MR) is 124 cm³/mol. The van der Waals surface area contributed by atoms with Crippen LogP contribution in [0.15, 0.2) is 77.8 Å². The number of ketones is 1. The number of carbonyl (C=O) groups is 2. The number of rotatable bonds is 6. The molecule has 3 aromatic rings. The van der Waals surface area contributed by atoms with Crippen LogP contribution in [-0.2, 0) is 6.42 Å². The van der Waals surface area contributed by atoms with Crippen LogP contribution in [0.3, 0.4) is 0 Å². The Morgan fingerprint density at radius 3 is 2.39 bits per heavy atom. The van der Waals surface area contributed by atoms with Crippen molar-refractivity contribution in [3.63, 3.8) is 0 Å². The third-order valence-electron chi connectivity index (χ3n) is 5.24. The van der Waals surface area contributed by atoms with E-state index in [9.17, 15) is 9.59 Å². The van der Waals surface area contributed by atoms with Crippen LogP contribution in [0.4, 0.5) is 5.69 Å². The molecule has 0 unspecified atom stereocenters. The molecule has 1 heterocycles. The molecule has 31 heavy (non-hydrogen) atoms. The Morgan fingerprint density at radius 1 is 1.00 bits per heavy atom. The number of Topliss-reactive ketones (excluding diaryl/α,β-unsaturated/α-hetero) is 1. The highest BCUT2D eigenvalue weighted by Gasteiger charge is 2.17. The number of hydrogen-bond donors (Lipinski definition) is 1. The first-order chi connectivity index (χ1) is 15.0. The van der Waals surface area contributed by atoms with Crippen LogP contribution in [-0.4, -0.2) is 42.6 Å². The molecule has 0 aliphatic carbocycles. The van der Waals surface area contributed by atoms with Gasteiger partial charge in [-0.3, -0.25) is 14.6 Å². The Balaban J connectivity index is 1.48. The van der Waals surface area contributed by atoms with E-state index in [2.05, 4.69) is 15.2 Å². The largest absolute Gasteiger partial charge is 0.358 e. The van der Waals surface area contributed by atoms with Gasteiger partial charge in [-0.2, -0.15) is 0 Å². The summed E-state index contributed by atoms with van der Waals surface area (Å²) in [6.07, 6.45) is 0.143. The molecule has 0 radical (unpaired) electrons. The number of hydrogen-bond acceptors (Lipinski definition) is 4. The summed E-state index contributed by atoms with van der Waals surface area (Å²) in [6, 6.07) is 21.6. The van der Waals surface area contributed by atoms with E-state index in [0.29, 0.717) is 27.4 Å². The molecular formula is C25H22ClN3O2. The molecule has 0 saturated heterocycles. The van der Waals surface area contributed by atoms with Gasteiger partial charge in [0.25, 0.3) is 5.91 Å². The van der Waals surface area contributed by atoms with Crippen LogP contribution in [0.1, 0.15) is 31.8 Å². The fraction of sp³-hybridized carbons (Fsp3) is 0.160. The van der Waals surface area contributed by atoms with Crippen LogP contribution >= 0.6 is 11.6 Å². The quantitative estimate of drug-likeness (QED) is 0.575. The lowest BCUT2D eigenvalue weighted by Gasteiger charge is -2.14. The van der Waals surface area contributed by atoms with Crippen molar-refractivity contribution in [1.82, 2.24) is 4.90 Å². The van der Waals surface area contributed by atoms with Gasteiger partial charge in [0, 0.05) is 47.4 Å². The summed E-state index contributed by atoms with van der Waals surface area (Å²) in [5.41, 5.74) is 3.41. The summed E-state index contributed by atoms with van der Waals surface area (Å²) in [4.78, 5) is 32.3. The summed E-state index contributed by atoms with van der Waals surface area (Å²) < 4.78 is 0.